The molecule has 0 spiro atoms. The van der Waals surface area contributed by atoms with Gasteiger partial charge in [-0.25, -0.2) is 0 Å². The van der Waals surface area contributed by atoms with Crippen LogP contribution >= 0.6 is 0 Å². The average molecular weight is 1190 g/mol. The van der Waals surface area contributed by atoms with Crippen LogP contribution in [0.5, 0.6) is 0 Å². The fourth-order valence-corrected chi connectivity index (χ4v) is 9.01. The average Bonchev–Trinajstić information content (AvgIpc) is 3.36. The summed E-state index contributed by atoms with van der Waals surface area (Å²) < 4.78 is 45.7. The molecule has 0 saturated carbocycles. The van der Waals surface area contributed by atoms with Crippen LogP contribution in [0.1, 0.15) is 71.1 Å². The van der Waals surface area contributed by atoms with Crippen molar-refractivity contribution in [2.45, 2.75) is 182 Å². The summed E-state index contributed by atoms with van der Waals surface area (Å²) in [6.45, 7) is 11.9. The number of aliphatic hydroxyl groups is 10. The molecule has 12 aliphatic heterocycles. The topological polar surface area (TPSA) is 358 Å². The smallest absolute Gasteiger partial charge is 0.220 e. The van der Waals surface area contributed by atoms with Crippen molar-refractivity contribution in [2.24, 2.45) is 11.8 Å². The Hall–Kier alpha value is -2.01. The second-order valence-electron chi connectivity index (χ2n) is 17.9. The fraction of sp³-hybridized carbons (Fsp3) is 0.804. The first-order chi connectivity index (χ1) is 33.5. The molecule has 412 valence electrons. The molecule has 0 aromatic rings. The fourth-order valence-electron chi connectivity index (χ4n) is 9.01. The maximum Gasteiger partial charge on any atom is 0.220 e. The molecular formula is C46H79N4O20W-3. The number of allylic oxidation sites excluding steroid dienone is 2. The predicted octanol–water partition coefficient (Wildman–Crippen LogP) is -3.43. The third kappa shape index (κ3) is 17.5. The molecule has 12 saturated heterocycles. The van der Waals surface area contributed by atoms with Gasteiger partial charge in [-0.15, -0.1) is 0 Å². The van der Waals surface area contributed by atoms with Crippen molar-refractivity contribution in [2.75, 3.05) is 39.5 Å². The van der Waals surface area contributed by atoms with Crippen molar-refractivity contribution >= 4 is 11.8 Å². The molecule has 12 fully saturated rings. The molecule has 71 heavy (non-hydrogen) atoms. The summed E-state index contributed by atoms with van der Waals surface area (Å²) in [6.07, 6.45) is -18.0. The van der Waals surface area contributed by atoms with Crippen molar-refractivity contribution in [1.82, 2.24) is 21.3 Å². The predicted molar refractivity (Wildman–Crippen MR) is 244 cm³/mol. The van der Waals surface area contributed by atoms with E-state index in [-0.39, 0.29) is 72.0 Å². The van der Waals surface area contributed by atoms with E-state index < -0.39 is 136 Å². The number of amides is 2. The van der Waals surface area contributed by atoms with Gasteiger partial charge in [-0.2, -0.15) is 6.92 Å². The molecule has 0 aromatic heterocycles. The Morgan fingerprint density at radius 3 is 1.17 bits per heavy atom. The number of hydrogen-bond donors (Lipinski definition) is 14. The summed E-state index contributed by atoms with van der Waals surface area (Å²) in [5, 5.41) is 115. The summed E-state index contributed by atoms with van der Waals surface area (Å²) in [5.74, 6) is -1.48. The van der Waals surface area contributed by atoms with Crippen LogP contribution in [0.25, 0.3) is 0 Å². The van der Waals surface area contributed by atoms with Crippen LogP contribution in [0.2, 0.25) is 0 Å². The molecule has 2 amide bonds. The number of carbonyl (C=O) groups excluding carboxylic acids is 2. The second kappa shape index (κ2) is 31.8. The third-order valence-corrected chi connectivity index (χ3v) is 13.2. The van der Waals surface area contributed by atoms with Gasteiger partial charge >= 0.3 is 0 Å². The standard InChI is InChI=1S/2C22H37N2O10.C2H5.W/c2*1-11(23-2)6-7-15(26)24-9-13-12-5-3-4-8-31-21-19(30)17(28)20(14(10-25)33-21)34-22(32-13)18(29)16(12)27;1-2;/h2*12-14,16-23,25,27-30H,1-10H2,(H,24,26);1H2,2H3;/q3*-1;/t2*12?,13?,14?,16?,17?,18?,19?,20?,21-,22+;;/m11../s1. The Morgan fingerprint density at radius 2 is 0.831 bits per heavy atom. The zero-order valence-electron chi connectivity index (χ0n) is 40.4. The quantitative estimate of drug-likeness (QED) is 0.0753. The Bertz CT molecular complexity index is 1480. The van der Waals surface area contributed by atoms with Crippen LogP contribution in [0, 0.1) is 32.9 Å². The van der Waals surface area contributed by atoms with Crippen LogP contribution in [-0.2, 0) is 68.5 Å². The van der Waals surface area contributed by atoms with E-state index in [0.29, 0.717) is 62.8 Å². The zero-order valence-corrected chi connectivity index (χ0v) is 43.3. The molecule has 12 rings (SSSR count). The number of rotatable bonds is 14. The molecule has 0 aromatic carbocycles. The van der Waals surface area contributed by atoms with Crippen LogP contribution in [0.3, 0.4) is 0 Å². The summed E-state index contributed by atoms with van der Waals surface area (Å²) in [7, 11) is 6.98. The minimum Gasteiger partial charge on any atom is -0.542 e. The first kappa shape index (κ1) is 63.3. The maximum atomic E-state index is 12.3. The van der Waals surface area contributed by atoms with Gasteiger partial charge in [0.1, 0.15) is 61.0 Å². The van der Waals surface area contributed by atoms with Gasteiger partial charge in [0.05, 0.1) is 37.6 Å². The van der Waals surface area contributed by atoms with Crippen molar-refractivity contribution in [3.63, 3.8) is 0 Å². The molecule has 14 N–H and O–H groups in total. The number of carbonyl (C=O) groups is 2. The van der Waals surface area contributed by atoms with Crippen molar-refractivity contribution in [3.8, 4) is 0 Å². The van der Waals surface area contributed by atoms with Gasteiger partial charge in [-0.1, -0.05) is 26.0 Å². The molecule has 20 atom stereocenters. The number of ether oxygens (including phenoxy) is 8. The Labute approximate surface area is 430 Å². The van der Waals surface area contributed by atoms with Crippen LogP contribution in [0.4, 0.5) is 0 Å². The Balaban J connectivity index is 0.000000358. The van der Waals surface area contributed by atoms with Gasteiger partial charge in [0.2, 0.25) is 11.8 Å². The van der Waals surface area contributed by atoms with Crippen LogP contribution in [-0.4, -0.2) is 213 Å². The largest absolute Gasteiger partial charge is 0.542 e. The first-order valence-corrected chi connectivity index (χ1v) is 24.0. The number of nitrogens with one attached hydrogen (secondary N) is 4. The minimum atomic E-state index is -1.50. The van der Waals surface area contributed by atoms with Gasteiger partial charge in [-0.3, -0.25) is 23.7 Å². The maximum absolute atomic E-state index is 12.3. The minimum absolute atomic E-state index is 0. The molecule has 16 unspecified atom stereocenters. The van der Waals surface area contributed by atoms with E-state index in [2.05, 4.69) is 55.4 Å². The summed E-state index contributed by atoms with van der Waals surface area (Å²) in [4.78, 5) is 24.5. The second-order valence-corrected chi connectivity index (χ2v) is 17.9. The van der Waals surface area contributed by atoms with Gasteiger partial charge in [-0.05, 0) is 49.9 Å². The van der Waals surface area contributed by atoms with E-state index in [9.17, 15) is 60.7 Å². The molecule has 0 aliphatic carbocycles. The van der Waals surface area contributed by atoms with Crippen molar-refractivity contribution in [1.29, 1.82) is 0 Å². The van der Waals surface area contributed by atoms with E-state index >= 15 is 0 Å². The molecule has 24 nitrogen and oxygen atoms in total. The van der Waals surface area contributed by atoms with Crippen LogP contribution < -0.4 is 21.3 Å². The summed E-state index contributed by atoms with van der Waals surface area (Å²) >= 11 is 0. The third-order valence-electron chi connectivity index (χ3n) is 13.2. The molecule has 12 aliphatic rings. The van der Waals surface area contributed by atoms with Gasteiger partial charge in [0.25, 0.3) is 0 Å². The molecule has 12 heterocycles. The van der Waals surface area contributed by atoms with Gasteiger partial charge in [0, 0.05) is 72.0 Å². The molecule has 8 bridgehead atoms. The van der Waals surface area contributed by atoms with Gasteiger partial charge < -0.3 is 117 Å². The van der Waals surface area contributed by atoms with Crippen molar-refractivity contribution in [3.05, 3.63) is 45.6 Å². The zero-order chi connectivity index (χ0) is 51.7. The van der Waals surface area contributed by atoms with E-state index in [0.717, 1.165) is 0 Å². The Kier molecular flexibility index (Phi) is 28.3. The SMILES string of the molecule is C=C(CCC(=O)NCC1O[C@H]2OC3C(CO)O[C@@H](OCCCCC1C(O)C2O)C(O)C3O)N[CH2-].C=C(CCC(=O)NCC1O[C@H]2OC3C(CO)O[C@@H](OCCCCC1C(O)C2O)C(O)C3O)N[CH2-].[CH2-]C.[W]. The molecule has 25 heteroatoms. The van der Waals surface area contributed by atoms with E-state index in [1.54, 1.807) is 6.92 Å². The molecule has 0 radical (unpaired) electrons. The molecular weight excluding hydrogens is 1110 g/mol. The van der Waals surface area contributed by atoms with E-state index in [4.69, 9.17) is 37.9 Å². The van der Waals surface area contributed by atoms with Crippen LogP contribution in [0.15, 0.2) is 24.6 Å². The van der Waals surface area contributed by atoms with Gasteiger partial charge in [0.15, 0.2) is 25.2 Å². The monoisotopic (exact) mass is 1190 g/mol. The van der Waals surface area contributed by atoms with E-state index in [1.807, 2.05) is 0 Å². The number of hydrogen-bond acceptors (Lipinski definition) is 22. The normalized spacial score (nSPS) is 39.4. The van der Waals surface area contributed by atoms with E-state index in [1.165, 1.54) is 0 Å². The summed E-state index contributed by atoms with van der Waals surface area (Å²) in [5.41, 5.74) is 1.24. The number of aliphatic hydroxyl groups excluding tert-OH is 10. The first-order valence-electron chi connectivity index (χ1n) is 24.0. The Morgan fingerprint density at radius 1 is 0.493 bits per heavy atom. The summed E-state index contributed by atoms with van der Waals surface area (Å²) in [6, 6.07) is 0. The van der Waals surface area contributed by atoms with Crippen molar-refractivity contribution < 1.29 is 120 Å².